The second-order valence-electron chi connectivity index (χ2n) is 3.32. The van der Waals surface area contributed by atoms with Gasteiger partial charge in [-0.25, -0.2) is 4.79 Å². The predicted octanol–water partition coefficient (Wildman–Crippen LogP) is 0.139. The minimum absolute atomic E-state index is 0.334. The predicted molar refractivity (Wildman–Crippen MR) is 56.9 cm³/mol. The van der Waals surface area contributed by atoms with Crippen LogP contribution in [0.1, 0.15) is 6.42 Å². The molecule has 0 spiro atoms. The standard InChI is InChI=1S/C8H10BrN3O2/c1-11-3-2-4-12-7(11)5(9)6(13)10-8(12)14/h2-4H2,1H3,(H,10,13,14). The van der Waals surface area contributed by atoms with E-state index in [1.807, 2.05) is 11.9 Å². The van der Waals surface area contributed by atoms with Crippen molar-refractivity contribution >= 4 is 21.7 Å². The largest absolute Gasteiger partial charge is 0.360 e. The van der Waals surface area contributed by atoms with E-state index in [0.717, 1.165) is 13.0 Å². The Labute approximate surface area is 88.5 Å². The maximum Gasteiger partial charge on any atom is 0.329 e. The third kappa shape index (κ3) is 1.30. The quantitative estimate of drug-likeness (QED) is 0.721. The Morgan fingerprint density at radius 2 is 2.07 bits per heavy atom. The van der Waals surface area contributed by atoms with Gasteiger partial charge in [-0.3, -0.25) is 14.3 Å². The summed E-state index contributed by atoms with van der Waals surface area (Å²) in [5.41, 5.74) is -0.699. The first-order valence-corrected chi connectivity index (χ1v) is 5.14. The molecule has 6 heteroatoms. The summed E-state index contributed by atoms with van der Waals surface area (Å²) in [6.07, 6.45) is 0.919. The fourth-order valence-electron chi connectivity index (χ4n) is 1.69. The summed E-state index contributed by atoms with van der Waals surface area (Å²) in [6, 6.07) is 0. The van der Waals surface area contributed by atoms with Crippen LogP contribution < -0.4 is 16.1 Å². The maximum absolute atomic E-state index is 11.4. The minimum Gasteiger partial charge on any atom is -0.360 e. The minimum atomic E-state index is -0.366. The lowest BCUT2D eigenvalue weighted by atomic mass is 10.3. The van der Waals surface area contributed by atoms with E-state index in [4.69, 9.17) is 0 Å². The van der Waals surface area contributed by atoms with E-state index in [1.54, 1.807) is 4.57 Å². The van der Waals surface area contributed by atoms with Crippen molar-refractivity contribution in [1.82, 2.24) is 9.55 Å². The summed E-state index contributed by atoms with van der Waals surface area (Å²) in [5, 5.41) is 0. The number of fused-ring (bicyclic) bond motifs is 1. The highest BCUT2D eigenvalue weighted by atomic mass is 79.9. The molecule has 2 heterocycles. The van der Waals surface area contributed by atoms with Crippen molar-refractivity contribution in [2.75, 3.05) is 18.5 Å². The van der Waals surface area contributed by atoms with Gasteiger partial charge in [0.2, 0.25) is 0 Å². The van der Waals surface area contributed by atoms with Crippen LogP contribution in [0.3, 0.4) is 0 Å². The van der Waals surface area contributed by atoms with E-state index in [2.05, 4.69) is 20.9 Å². The number of H-pyrrole nitrogens is 1. The first kappa shape index (κ1) is 9.51. The Balaban J connectivity index is 2.80. The van der Waals surface area contributed by atoms with Gasteiger partial charge in [-0.05, 0) is 22.4 Å². The molecule has 1 aliphatic heterocycles. The van der Waals surface area contributed by atoms with E-state index in [9.17, 15) is 9.59 Å². The molecule has 0 saturated carbocycles. The summed E-state index contributed by atoms with van der Waals surface area (Å²) in [7, 11) is 1.87. The number of nitrogens with one attached hydrogen (secondary N) is 1. The Hall–Kier alpha value is -1.04. The summed E-state index contributed by atoms with van der Waals surface area (Å²) in [6.45, 7) is 1.52. The van der Waals surface area contributed by atoms with Crippen LogP contribution in [-0.4, -0.2) is 23.1 Å². The maximum atomic E-state index is 11.4. The molecule has 0 bridgehead atoms. The molecule has 0 unspecified atom stereocenters. The number of rotatable bonds is 0. The van der Waals surface area contributed by atoms with Crippen LogP contribution in [-0.2, 0) is 6.54 Å². The lowest BCUT2D eigenvalue weighted by Gasteiger charge is -2.28. The molecule has 0 amide bonds. The number of anilines is 1. The van der Waals surface area contributed by atoms with Gasteiger partial charge in [-0.2, -0.15) is 0 Å². The average Bonchev–Trinajstić information content (AvgIpc) is 2.14. The van der Waals surface area contributed by atoms with Gasteiger partial charge < -0.3 is 4.90 Å². The first-order chi connectivity index (χ1) is 6.61. The molecule has 0 radical (unpaired) electrons. The summed E-state index contributed by atoms with van der Waals surface area (Å²) in [4.78, 5) is 26.9. The van der Waals surface area contributed by atoms with Gasteiger partial charge in [-0.1, -0.05) is 0 Å². The number of halogens is 1. The highest BCUT2D eigenvalue weighted by molar-refractivity contribution is 9.10. The van der Waals surface area contributed by atoms with Crippen molar-refractivity contribution in [2.45, 2.75) is 13.0 Å². The van der Waals surface area contributed by atoms with Gasteiger partial charge in [0.15, 0.2) is 0 Å². The zero-order valence-corrected chi connectivity index (χ0v) is 9.30. The van der Waals surface area contributed by atoms with Crippen LogP contribution >= 0.6 is 15.9 Å². The highest BCUT2D eigenvalue weighted by Gasteiger charge is 2.19. The van der Waals surface area contributed by atoms with Crippen molar-refractivity contribution in [2.24, 2.45) is 0 Å². The molecule has 0 aromatic carbocycles. The lowest BCUT2D eigenvalue weighted by molar-refractivity contribution is 0.549. The van der Waals surface area contributed by atoms with Gasteiger partial charge in [0.05, 0.1) is 0 Å². The van der Waals surface area contributed by atoms with Crippen LogP contribution in [0.4, 0.5) is 5.82 Å². The Morgan fingerprint density at radius 1 is 1.36 bits per heavy atom. The zero-order chi connectivity index (χ0) is 10.3. The molecular weight excluding hydrogens is 250 g/mol. The molecule has 76 valence electrons. The van der Waals surface area contributed by atoms with E-state index < -0.39 is 0 Å². The average molecular weight is 260 g/mol. The number of hydrogen-bond acceptors (Lipinski definition) is 3. The number of hydrogen-bond donors (Lipinski definition) is 1. The zero-order valence-electron chi connectivity index (χ0n) is 7.71. The molecule has 14 heavy (non-hydrogen) atoms. The van der Waals surface area contributed by atoms with Gasteiger partial charge >= 0.3 is 5.69 Å². The van der Waals surface area contributed by atoms with Gasteiger partial charge in [0.25, 0.3) is 5.56 Å². The molecule has 0 saturated heterocycles. The molecule has 1 aromatic rings. The van der Waals surface area contributed by atoms with Crippen LogP contribution in [0.15, 0.2) is 14.1 Å². The topological polar surface area (TPSA) is 58.1 Å². The van der Waals surface area contributed by atoms with Crippen molar-refractivity contribution in [3.05, 3.63) is 25.3 Å². The molecule has 1 N–H and O–H groups in total. The lowest BCUT2D eigenvalue weighted by Crippen LogP contribution is -2.40. The van der Waals surface area contributed by atoms with Crippen molar-refractivity contribution in [1.29, 1.82) is 0 Å². The molecular formula is C8H10BrN3O2. The van der Waals surface area contributed by atoms with Gasteiger partial charge in [0.1, 0.15) is 10.3 Å². The Bertz CT molecular complexity index is 476. The fourth-order valence-corrected chi connectivity index (χ4v) is 2.30. The summed E-state index contributed by atoms with van der Waals surface area (Å²) >= 11 is 3.20. The van der Waals surface area contributed by atoms with E-state index >= 15 is 0 Å². The SMILES string of the molecule is CN1CCCn2c1c(Br)c(=O)[nH]c2=O. The van der Waals surface area contributed by atoms with Crippen LogP contribution in [0.5, 0.6) is 0 Å². The number of nitrogens with zero attached hydrogens (tertiary/aromatic N) is 2. The molecule has 1 aliphatic rings. The first-order valence-electron chi connectivity index (χ1n) is 4.35. The van der Waals surface area contributed by atoms with Crippen molar-refractivity contribution in [3.8, 4) is 0 Å². The van der Waals surface area contributed by atoms with Crippen LogP contribution in [0.2, 0.25) is 0 Å². The van der Waals surface area contributed by atoms with Gasteiger partial charge in [-0.15, -0.1) is 0 Å². The molecule has 5 nitrogen and oxygen atoms in total. The van der Waals surface area contributed by atoms with Crippen LogP contribution in [0, 0.1) is 0 Å². The number of aromatic amines is 1. The van der Waals surface area contributed by atoms with E-state index in [-0.39, 0.29) is 11.2 Å². The van der Waals surface area contributed by atoms with E-state index in [0.29, 0.717) is 16.8 Å². The molecule has 0 atom stereocenters. The van der Waals surface area contributed by atoms with Crippen molar-refractivity contribution in [3.63, 3.8) is 0 Å². The molecule has 0 fully saturated rings. The second kappa shape index (κ2) is 3.27. The molecule has 1 aromatic heterocycles. The Morgan fingerprint density at radius 3 is 2.79 bits per heavy atom. The summed E-state index contributed by atoms with van der Waals surface area (Å²) in [5.74, 6) is 0.671. The normalized spacial score (nSPS) is 15.4. The summed E-state index contributed by atoms with van der Waals surface area (Å²) < 4.78 is 2.01. The van der Waals surface area contributed by atoms with Crippen LogP contribution in [0.25, 0.3) is 0 Å². The van der Waals surface area contributed by atoms with Gasteiger partial charge in [0, 0.05) is 20.1 Å². The Kier molecular flexibility index (Phi) is 2.22. The molecule has 0 aliphatic carbocycles. The number of aromatic nitrogens is 2. The highest BCUT2D eigenvalue weighted by Crippen LogP contribution is 2.22. The molecule has 2 rings (SSSR count). The fraction of sp³-hybridized carbons (Fsp3) is 0.500. The van der Waals surface area contributed by atoms with Crippen molar-refractivity contribution < 1.29 is 0 Å². The smallest absolute Gasteiger partial charge is 0.329 e. The third-order valence-electron chi connectivity index (χ3n) is 2.35. The van der Waals surface area contributed by atoms with E-state index in [1.165, 1.54) is 0 Å². The third-order valence-corrected chi connectivity index (χ3v) is 3.07. The second-order valence-corrected chi connectivity index (χ2v) is 4.12. The monoisotopic (exact) mass is 259 g/mol.